The van der Waals surface area contributed by atoms with Crippen molar-refractivity contribution >= 4 is 5.82 Å². The Morgan fingerprint density at radius 1 is 1.13 bits per heavy atom. The summed E-state index contributed by atoms with van der Waals surface area (Å²) in [4.78, 5) is 4.18. The highest BCUT2D eigenvalue weighted by Gasteiger charge is 2.14. The number of pyridine rings is 1. The van der Waals surface area contributed by atoms with Crippen molar-refractivity contribution in [3.63, 3.8) is 0 Å². The summed E-state index contributed by atoms with van der Waals surface area (Å²) in [5, 5.41) is 3.68. The number of nitrogen functional groups attached to an aromatic ring is 1. The Hall–Kier alpha value is -2.07. The van der Waals surface area contributed by atoms with Crippen LogP contribution in [-0.4, -0.2) is 18.1 Å². The molecule has 1 aliphatic carbocycles. The second kappa shape index (κ2) is 7.47. The van der Waals surface area contributed by atoms with E-state index in [0.717, 1.165) is 23.4 Å². The molecular weight excluding hydrogens is 286 g/mol. The zero-order valence-corrected chi connectivity index (χ0v) is 13.7. The van der Waals surface area contributed by atoms with Crippen LogP contribution in [-0.2, 0) is 6.54 Å². The first-order valence-corrected chi connectivity index (χ1v) is 8.38. The second-order valence-electron chi connectivity index (χ2n) is 6.21. The van der Waals surface area contributed by atoms with E-state index < -0.39 is 0 Å². The molecule has 4 nitrogen and oxygen atoms in total. The van der Waals surface area contributed by atoms with Gasteiger partial charge in [-0.3, -0.25) is 0 Å². The zero-order valence-electron chi connectivity index (χ0n) is 13.7. The first-order valence-electron chi connectivity index (χ1n) is 8.38. The number of methoxy groups -OCH3 is 1. The predicted octanol–water partition coefficient (Wildman–Crippen LogP) is 3.76. The van der Waals surface area contributed by atoms with Gasteiger partial charge >= 0.3 is 0 Å². The van der Waals surface area contributed by atoms with E-state index >= 15 is 0 Å². The van der Waals surface area contributed by atoms with Gasteiger partial charge in [-0.2, -0.15) is 0 Å². The van der Waals surface area contributed by atoms with Crippen molar-refractivity contribution in [3.8, 4) is 16.9 Å². The smallest absolute Gasteiger partial charge is 0.123 e. The van der Waals surface area contributed by atoms with Crippen LogP contribution in [0.15, 0.2) is 36.5 Å². The molecule has 0 amide bonds. The number of aromatic nitrogens is 1. The van der Waals surface area contributed by atoms with Gasteiger partial charge in [-0.1, -0.05) is 25.3 Å². The van der Waals surface area contributed by atoms with Crippen LogP contribution in [0.2, 0.25) is 0 Å². The van der Waals surface area contributed by atoms with Crippen LogP contribution in [0.4, 0.5) is 5.82 Å². The Morgan fingerprint density at radius 2 is 1.91 bits per heavy atom. The van der Waals surface area contributed by atoms with Crippen LogP contribution < -0.4 is 15.8 Å². The van der Waals surface area contributed by atoms with Crippen LogP contribution >= 0.6 is 0 Å². The molecule has 0 bridgehead atoms. The Bertz CT molecular complexity index is 634. The average Bonchev–Trinajstić information content (AvgIpc) is 2.61. The molecule has 3 rings (SSSR count). The van der Waals surface area contributed by atoms with Gasteiger partial charge in [-0.25, -0.2) is 4.98 Å². The molecule has 1 heterocycles. The maximum absolute atomic E-state index is 5.67. The number of hydrogen-bond acceptors (Lipinski definition) is 4. The summed E-state index contributed by atoms with van der Waals surface area (Å²) in [7, 11) is 1.73. The molecule has 0 unspecified atom stereocenters. The van der Waals surface area contributed by atoms with E-state index in [1.54, 1.807) is 7.11 Å². The summed E-state index contributed by atoms with van der Waals surface area (Å²) in [6.45, 7) is 0.837. The van der Waals surface area contributed by atoms with E-state index in [0.29, 0.717) is 11.9 Å². The molecule has 0 radical (unpaired) electrons. The summed E-state index contributed by atoms with van der Waals surface area (Å²) < 4.78 is 5.52. The number of benzene rings is 1. The van der Waals surface area contributed by atoms with Gasteiger partial charge in [0.15, 0.2) is 0 Å². The van der Waals surface area contributed by atoms with E-state index in [-0.39, 0.29) is 0 Å². The van der Waals surface area contributed by atoms with E-state index in [2.05, 4.69) is 22.4 Å². The average molecular weight is 311 g/mol. The molecule has 3 N–H and O–H groups in total. The Balaban J connectivity index is 1.77. The minimum atomic E-state index is 0.543. The number of nitrogens with one attached hydrogen (secondary N) is 1. The second-order valence-corrected chi connectivity index (χ2v) is 6.21. The fourth-order valence-corrected chi connectivity index (χ4v) is 3.23. The number of anilines is 1. The monoisotopic (exact) mass is 311 g/mol. The fourth-order valence-electron chi connectivity index (χ4n) is 3.23. The molecule has 0 spiro atoms. The maximum Gasteiger partial charge on any atom is 0.123 e. The summed E-state index contributed by atoms with van der Waals surface area (Å²) in [6.07, 6.45) is 8.43. The van der Waals surface area contributed by atoms with Gasteiger partial charge in [0.05, 0.1) is 7.11 Å². The molecular formula is C19H25N3O. The van der Waals surface area contributed by atoms with Crippen molar-refractivity contribution < 1.29 is 4.74 Å². The molecule has 0 saturated heterocycles. The SMILES string of the molecule is COc1ccc(-c2ccc(N)nc2)cc1CNC1CCCCC1. The van der Waals surface area contributed by atoms with Crippen LogP contribution in [0.1, 0.15) is 37.7 Å². The highest BCUT2D eigenvalue weighted by Crippen LogP contribution is 2.27. The van der Waals surface area contributed by atoms with E-state index in [4.69, 9.17) is 10.5 Å². The van der Waals surface area contributed by atoms with Crippen molar-refractivity contribution in [3.05, 3.63) is 42.1 Å². The summed E-state index contributed by atoms with van der Waals surface area (Å²) >= 11 is 0. The zero-order chi connectivity index (χ0) is 16.1. The van der Waals surface area contributed by atoms with Crippen LogP contribution in [0, 0.1) is 0 Å². The van der Waals surface area contributed by atoms with E-state index in [1.165, 1.54) is 37.7 Å². The minimum absolute atomic E-state index is 0.543. The van der Waals surface area contributed by atoms with Crippen molar-refractivity contribution in [2.75, 3.05) is 12.8 Å². The normalized spacial score (nSPS) is 15.5. The van der Waals surface area contributed by atoms with Gasteiger partial charge in [0.2, 0.25) is 0 Å². The number of nitrogens with zero attached hydrogens (tertiary/aromatic N) is 1. The standard InChI is InChI=1S/C19H25N3O/c1-23-18-9-7-14(15-8-10-19(20)22-12-15)11-16(18)13-21-17-5-3-2-4-6-17/h7-12,17,21H,2-6,13H2,1H3,(H2,20,22). The molecule has 2 aromatic rings. The molecule has 1 aliphatic rings. The first-order chi connectivity index (χ1) is 11.3. The lowest BCUT2D eigenvalue weighted by Crippen LogP contribution is -2.30. The number of ether oxygens (including phenoxy) is 1. The van der Waals surface area contributed by atoms with Crippen LogP contribution in [0.3, 0.4) is 0 Å². The van der Waals surface area contributed by atoms with E-state index in [1.807, 2.05) is 24.4 Å². The number of hydrogen-bond donors (Lipinski definition) is 2. The Morgan fingerprint density at radius 3 is 2.61 bits per heavy atom. The minimum Gasteiger partial charge on any atom is -0.496 e. The number of rotatable bonds is 5. The third kappa shape index (κ3) is 4.02. The Labute approximate surface area is 138 Å². The highest BCUT2D eigenvalue weighted by atomic mass is 16.5. The van der Waals surface area contributed by atoms with Crippen molar-refractivity contribution in [1.82, 2.24) is 10.3 Å². The molecule has 0 aliphatic heterocycles. The lowest BCUT2D eigenvalue weighted by Gasteiger charge is -2.23. The van der Waals surface area contributed by atoms with Gasteiger partial charge in [0, 0.05) is 29.9 Å². The van der Waals surface area contributed by atoms with E-state index in [9.17, 15) is 0 Å². The first kappa shape index (κ1) is 15.8. The fraction of sp³-hybridized carbons (Fsp3) is 0.421. The van der Waals surface area contributed by atoms with Crippen LogP contribution in [0.5, 0.6) is 5.75 Å². The molecule has 1 aromatic carbocycles. The van der Waals surface area contributed by atoms with Crippen LogP contribution in [0.25, 0.3) is 11.1 Å². The third-order valence-electron chi connectivity index (χ3n) is 4.59. The highest BCUT2D eigenvalue weighted by molar-refractivity contribution is 5.65. The summed E-state index contributed by atoms with van der Waals surface area (Å²) in [5.74, 6) is 1.47. The molecule has 23 heavy (non-hydrogen) atoms. The van der Waals surface area contributed by atoms with Crippen molar-refractivity contribution in [1.29, 1.82) is 0 Å². The molecule has 1 saturated carbocycles. The maximum atomic E-state index is 5.67. The molecule has 4 heteroatoms. The Kier molecular flexibility index (Phi) is 5.13. The molecule has 1 aromatic heterocycles. The van der Waals surface area contributed by atoms with Gasteiger partial charge in [-0.05, 0) is 42.7 Å². The quantitative estimate of drug-likeness (QED) is 0.882. The largest absolute Gasteiger partial charge is 0.496 e. The van der Waals surface area contributed by atoms with Crippen molar-refractivity contribution in [2.45, 2.75) is 44.7 Å². The van der Waals surface area contributed by atoms with Gasteiger partial charge < -0.3 is 15.8 Å². The van der Waals surface area contributed by atoms with Gasteiger partial charge in [0.25, 0.3) is 0 Å². The lowest BCUT2D eigenvalue weighted by atomic mass is 9.95. The summed E-state index contributed by atoms with van der Waals surface area (Å²) in [5.41, 5.74) is 9.06. The molecule has 0 atom stereocenters. The number of nitrogens with two attached hydrogens (primary N) is 1. The van der Waals surface area contributed by atoms with Gasteiger partial charge in [0.1, 0.15) is 11.6 Å². The molecule has 122 valence electrons. The van der Waals surface area contributed by atoms with Gasteiger partial charge in [-0.15, -0.1) is 0 Å². The predicted molar refractivity (Wildman–Crippen MR) is 94.4 cm³/mol. The third-order valence-corrected chi connectivity index (χ3v) is 4.59. The summed E-state index contributed by atoms with van der Waals surface area (Å²) in [6, 6.07) is 10.7. The van der Waals surface area contributed by atoms with Crippen molar-refractivity contribution in [2.24, 2.45) is 0 Å². The molecule has 1 fully saturated rings. The lowest BCUT2D eigenvalue weighted by molar-refractivity contribution is 0.365. The topological polar surface area (TPSA) is 60.2 Å².